The van der Waals surface area contributed by atoms with Crippen molar-refractivity contribution in [3.63, 3.8) is 0 Å². The summed E-state index contributed by atoms with van der Waals surface area (Å²) in [5.41, 5.74) is 0.736. The van der Waals surface area contributed by atoms with Gasteiger partial charge in [0.2, 0.25) is 11.2 Å². The SMILES string of the molecule is Cc1ccc(Oc2coc3cc(OC(=O)c4ccccc4F)ccc3c2=O)cc1. The summed E-state index contributed by atoms with van der Waals surface area (Å²) in [7, 11) is 0. The number of aryl methyl sites for hydroxylation is 1. The number of esters is 1. The number of carbonyl (C=O) groups is 1. The van der Waals surface area contributed by atoms with E-state index in [2.05, 4.69) is 0 Å². The minimum Gasteiger partial charge on any atom is -0.460 e. The highest BCUT2D eigenvalue weighted by Gasteiger charge is 2.15. The summed E-state index contributed by atoms with van der Waals surface area (Å²) in [5.74, 6) is -0.844. The van der Waals surface area contributed by atoms with E-state index < -0.39 is 11.8 Å². The zero-order valence-corrected chi connectivity index (χ0v) is 15.3. The quantitative estimate of drug-likeness (QED) is 0.352. The third-order valence-corrected chi connectivity index (χ3v) is 4.27. The Labute approximate surface area is 164 Å². The van der Waals surface area contributed by atoms with Gasteiger partial charge in [-0.15, -0.1) is 0 Å². The predicted octanol–water partition coefficient (Wildman–Crippen LogP) is 5.25. The highest BCUT2D eigenvalue weighted by molar-refractivity contribution is 5.92. The monoisotopic (exact) mass is 390 g/mol. The molecule has 4 aromatic rings. The van der Waals surface area contributed by atoms with Crippen LogP contribution < -0.4 is 14.9 Å². The summed E-state index contributed by atoms with van der Waals surface area (Å²) in [5, 5.41) is 0.264. The van der Waals surface area contributed by atoms with Crippen molar-refractivity contribution in [2.75, 3.05) is 0 Å². The third kappa shape index (κ3) is 3.87. The van der Waals surface area contributed by atoms with Gasteiger partial charge >= 0.3 is 5.97 Å². The Morgan fingerprint density at radius 2 is 1.69 bits per heavy atom. The molecule has 0 aliphatic carbocycles. The minimum absolute atomic E-state index is 0.0393. The number of fused-ring (bicyclic) bond motifs is 1. The van der Waals surface area contributed by atoms with Crippen molar-refractivity contribution in [2.45, 2.75) is 6.92 Å². The van der Waals surface area contributed by atoms with Gasteiger partial charge in [0, 0.05) is 6.07 Å². The fraction of sp³-hybridized carbons (Fsp3) is 0.0435. The van der Waals surface area contributed by atoms with E-state index in [1.54, 1.807) is 12.1 Å². The lowest BCUT2D eigenvalue weighted by molar-refractivity contribution is 0.0730. The summed E-state index contributed by atoms with van der Waals surface area (Å²) >= 11 is 0. The largest absolute Gasteiger partial charge is 0.460 e. The molecule has 0 aliphatic rings. The lowest BCUT2D eigenvalue weighted by Crippen LogP contribution is -2.11. The van der Waals surface area contributed by atoms with E-state index in [0.717, 1.165) is 5.56 Å². The molecule has 29 heavy (non-hydrogen) atoms. The van der Waals surface area contributed by atoms with E-state index in [1.165, 1.54) is 48.7 Å². The number of hydrogen-bond acceptors (Lipinski definition) is 5. The van der Waals surface area contributed by atoms with E-state index in [0.29, 0.717) is 5.75 Å². The zero-order chi connectivity index (χ0) is 20.4. The van der Waals surface area contributed by atoms with Crippen LogP contribution in [0.1, 0.15) is 15.9 Å². The Morgan fingerprint density at radius 3 is 2.45 bits per heavy atom. The molecule has 0 radical (unpaired) electrons. The van der Waals surface area contributed by atoms with Crippen molar-refractivity contribution in [3.05, 3.63) is 100 Å². The van der Waals surface area contributed by atoms with Crippen LogP contribution >= 0.6 is 0 Å². The lowest BCUT2D eigenvalue weighted by Gasteiger charge is -2.08. The van der Waals surface area contributed by atoms with Gasteiger partial charge in [-0.25, -0.2) is 9.18 Å². The van der Waals surface area contributed by atoms with Gasteiger partial charge in [-0.05, 0) is 43.3 Å². The fourth-order valence-electron chi connectivity index (χ4n) is 2.75. The Kier molecular flexibility index (Phi) is 4.83. The maximum absolute atomic E-state index is 13.7. The Hall–Kier alpha value is -3.93. The molecular formula is C23H15FO5. The maximum atomic E-state index is 13.7. The van der Waals surface area contributed by atoms with Crippen molar-refractivity contribution < 1.29 is 23.1 Å². The first kappa shape index (κ1) is 18.4. The number of rotatable bonds is 4. The molecule has 0 atom stereocenters. The molecule has 5 nitrogen and oxygen atoms in total. The highest BCUT2D eigenvalue weighted by Crippen LogP contribution is 2.25. The van der Waals surface area contributed by atoms with Crippen molar-refractivity contribution in [2.24, 2.45) is 0 Å². The second-order valence-electron chi connectivity index (χ2n) is 6.37. The molecule has 4 rings (SSSR count). The molecule has 144 valence electrons. The minimum atomic E-state index is -0.843. The van der Waals surface area contributed by atoms with Crippen LogP contribution in [0.15, 0.2) is 82.2 Å². The number of hydrogen-bond donors (Lipinski definition) is 0. The van der Waals surface area contributed by atoms with E-state index in [9.17, 15) is 14.0 Å². The summed E-state index contributed by atoms with van der Waals surface area (Å²) < 4.78 is 30.0. The second-order valence-corrected chi connectivity index (χ2v) is 6.37. The van der Waals surface area contributed by atoms with E-state index in [-0.39, 0.29) is 33.5 Å². The first-order chi connectivity index (χ1) is 14.0. The van der Waals surface area contributed by atoms with Crippen LogP contribution in [0.25, 0.3) is 11.0 Å². The molecule has 0 N–H and O–H groups in total. The molecule has 6 heteroatoms. The van der Waals surface area contributed by atoms with Gasteiger partial charge in [-0.3, -0.25) is 4.79 Å². The van der Waals surface area contributed by atoms with Gasteiger partial charge in [0.1, 0.15) is 29.2 Å². The number of halogens is 1. The molecule has 0 amide bonds. The first-order valence-electron chi connectivity index (χ1n) is 8.78. The smallest absolute Gasteiger partial charge is 0.346 e. The van der Waals surface area contributed by atoms with E-state index >= 15 is 0 Å². The van der Waals surface area contributed by atoms with Crippen LogP contribution in [0.3, 0.4) is 0 Å². The molecule has 3 aromatic carbocycles. The molecule has 1 heterocycles. The van der Waals surface area contributed by atoms with E-state index in [1.807, 2.05) is 19.1 Å². The van der Waals surface area contributed by atoms with Gasteiger partial charge in [-0.1, -0.05) is 29.8 Å². The molecule has 0 bridgehead atoms. The Balaban J connectivity index is 1.60. The van der Waals surface area contributed by atoms with Crippen LogP contribution in [0.4, 0.5) is 4.39 Å². The highest BCUT2D eigenvalue weighted by atomic mass is 19.1. The average molecular weight is 390 g/mol. The molecule has 1 aromatic heterocycles. The first-order valence-corrected chi connectivity index (χ1v) is 8.78. The lowest BCUT2D eigenvalue weighted by atomic mass is 10.2. The second kappa shape index (κ2) is 7.59. The molecule has 0 saturated carbocycles. The zero-order valence-electron chi connectivity index (χ0n) is 15.3. The number of ether oxygens (including phenoxy) is 2. The maximum Gasteiger partial charge on any atom is 0.346 e. The summed E-state index contributed by atoms with van der Waals surface area (Å²) in [4.78, 5) is 24.8. The van der Waals surface area contributed by atoms with E-state index in [4.69, 9.17) is 13.9 Å². The molecular weight excluding hydrogens is 375 g/mol. The van der Waals surface area contributed by atoms with Crippen LogP contribution in [0, 0.1) is 12.7 Å². The molecule has 0 saturated heterocycles. The fourth-order valence-corrected chi connectivity index (χ4v) is 2.75. The van der Waals surface area contributed by atoms with Crippen molar-refractivity contribution in [3.8, 4) is 17.2 Å². The summed E-state index contributed by atoms with van der Waals surface area (Å²) in [6, 6.07) is 17.1. The predicted molar refractivity (Wildman–Crippen MR) is 105 cm³/mol. The number of benzene rings is 3. The van der Waals surface area contributed by atoms with Crippen LogP contribution in [-0.4, -0.2) is 5.97 Å². The molecule has 0 unspecified atom stereocenters. The number of carbonyl (C=O) groups excluding carboxylic acids is 1. The normalized spacial score (nSPS) is 10.7. The van der Waals surface area contributed by atoms with Gasteiger partial charge in [0.25, 0.3) is 0 Å². The molecule has 0 aliphatic heterocycles. The topological polar surface area (TPSA) is 65.7 Å². The van der Waals surface area contributed by atoms with Crippen LogP contribution in [0.5, 0.6) is 17.2 Å². The van der Waals surface area contributed by atoms with Crippen molar-refractivity contribution in [1.29, 1.82) is 0 Å². The third-order valence-electron chi connectivity index (χ3n) is 4.27. The van der Waals surface area contributed by atoms with Crippen LogP contribution in [-0.2, 0) is 0 Å². The average Bonchev–Trinajstić information content (AvgIpc) is 2.72. The Morgan fingerprint density at radius 1 is 0.966 bits per heavy atom. The van der Waals surface area contributed by atoms with Gasteiger partial charge in [-0.2, -0.15) is 0 Å². The summed E-state index contributed by atoms with van der Waals surface area (Å²) in [6.07, 6.45) is 1.20. The van der Waals surface area contributed by atoms with Gasteiger partial charge < -0.3 is 13.9 Å². The molecule has 0 fully saturated rings. The summed E-state index contributed by atoms with van der Waals surface area (Å²) in [6.45, 7) is 1.95. The van der Waals surface area contributed by atoms with Crippen molar-refractivity contribution >= 4 is 16.9 Å². The van der Waals surface area contributed by atoms with Crippen LogP contribution in [0.2, 0.25) is 0 Å². The Bertz CT molecular complexity index is 1260. The van der Waals surface area contributed by atoms with Gasteiger partial charge in [0.05, 0.1) is 10.9 Å². The van der Waals surface area contributed by atoms with Crippen molar-refractivity contribution in [1.82, 2.24) is 0 Å². The standard InChI is InChI=1S/C23H15FO5/c1-14-6-8-15(9-7-14)28-21-13-27-20-12-16(10-11-18(20)22(21)25)29-23(26)17-4-2-3-5-19(17)24/h2-13H,1H3. The molecule has 0 spiro atoms. The van der Waals surface area contributed by atoms with Gasteiger partial charge in [0.15, 0.2) is 0 Å².